The zero-order valence-electron chi connectivity index (χ0n) is 14.7. The fourth-order valence-electron chi connectivity index (χ4n) is 2.16. The van der Waals surface area contributed by atoms with Crippen LogP contribution in [0.25, 0.3) is 0 Å². The van der Waals surface area contributed by atoms with Gasteiger partial charge in [0.2, 0.25) is 5.91 Å². The van der Waals surface area contributed by atoms with Crippen molar-refractivity contribution >= 4 is 29.0 Å². The van der Waals surface area contributed by atoms with Gasteiger partial charge in [-0.1, -0.05) is 6.07 Å². The molecule has 2 N–H and O–H groups in total. The van der Waals surface area contributed by atoms with E-state index in [2.05, 4.69) is 10.6 Å². The van der Waals surface area contributed by atoms with Crippen LogP contribution >= 0.6 is 0 Å². The molecule has 0 fully saturated rings. The summed E-state index contributed by atoms with van der Waals surface area (Å²) < 4.78 is 19.0. The van der Waals surface area contributed by atoms with E-state index in [0.29, 0.717) is 22.5 Å². The maximum absolute atomic E-state index is 13.5. The number of ketones is 1. The van der Waals surface area contributed by atoms with E-state index in [4.69, 9.17) is 4.74 Å². The molecule has 0 atom stereocenters. The quantitative estimate of drug-likeness (QED) is 0.776. The molecule has 0 aromatic heterocycles. The van der Waals surface area contributed by atoms with Gasteiger partial charge in [-0.05, 0) is 49.7 Å². The van der Waals surface area contributed by atoms with Gasteiger partial charge < -0.3 is 15.4 Å². The zero-order chi connectivity index (χ0) is 19.3. The zero-order valence-corrected chi connectivity index (χ0v) is 14.7. The smallest absolute Gasteiger partial charge is 0.262 e. The third-order valence-corrected chi connectivity index (χ3v) is 3.51. The Labute approximate surface area is 150 Å². The molecular weight excluding hydrogens is 339 g/mol. The van der Waals surface area contributed by atoms with Gasteiger partial charge in [0.15, 0.2) is 12.4 Å². The summed E-state index contributed by atoms with van der Waals surface area (Å²) in [5, 5.41) is 5.09. The highest BCUT2D eigenvalue weighted by Gasteiger charge is 2.12. The first-order chi connectivity index (χ1) is 12.3. The first-order valence-electron chi connectivity index (χ1n) is 7.87. The molecule has 0 bridgehead atoms. The van der Waals surface area contributed by atoms with Crippen molar-refractivity contribution in [3.63, 3.8) is 0 Å². The fourth-order valence-corrected chi connectivity index (χ4v) is 2.16. The molecule has 0 aliphatic rings. The van der Waals surface area contributed by atoms with Gasteiger partial charge in [-0.15, -0.1) is 0 Å². The number of hydrogen-bond acceptors (Lipinski definition) is 4. The number of anilines is 2. The first-order valence-corrected chi connectivity index (χ1v) is 7.87. The van der Waals surface area contributed by atoms with Gasteiger partial charge in [0, 0.05) is 18.2 Å². The molecule has 0 aliphatic carbocycles. The van der Waals surface area contributed by atoms with Crippen molar-refractivity contribution in [3.05, 3.63) is 53.3 Å². The second-order valence-electron chi connectivity index (χ2n) is 5.75. The van der Waals surface area contributed by atoms with E-state index in [0.717, 1.165) is 0 Å². The Morgan fingerprint density at radius 3 is 2.38 bits per heavy atom. The Bertz CT molecular complexity index is 865. The lowest BCUT2D eigenvalue weighted by molar-refractivity contribution is -0.118. The summed E-state index contributed by atoms with van der Waals surface area (Å²) >= 11 is 0. The third kappa shape index (κ3) is 5.14. The maximum Gasteiger partial charge on any atom is 0.262 e. The van der Waals surface area contributed by atoms with Crippen LogP contribution in [-0.4, -0.2) is 24.2 Å². The van der Waals surface area contributed by atoms with E-state index < -0.39 is 11.7 Å². The van der Waals surface area contributed by atoms with Crippen LogP contribution in [0.15, 0.2) is 36.4 Å². The molecule has 6 nitrogen and oxygen atoms in total. The number of carbonyl (C=O) groups excluding carboxylic acids is 3. The Hall–Kier alpha value is -3.22. The van der Waals surface area contributed by atoms with Crippen molar-refractivity contribution < 1.29 is 23.5 Å². The lowest BCUT2D eigenvalue weighted by Crippen LogP contribution is -2.21. The number of carbonyl (C=O) groups is 3. The highest BCUT2D eigenvalue weighted by molar-refractivity contribution is 5.97. The number of nitrogens with one attached hydrogen (secondary N) is 2. The highest BCUT2D eigenvalue weighted by Crippen LogP contribution is 2.26. The van der Waals surface area contributed by atoms with Crippen molar-refractivity contribution in [3.8, 4) is 5.75 Å². The van der Waals surface area contributed by atoms with Crippen LogP contribution < -0.4 is 15.4 Å². The summed E-state index contributed by atoms with van der Waals surface area (Å²) in [6.45, 7) is 3.98. The molecule has 0 aliphatic heterocycles. The number of Topliss-reactive ketones (excluding diaryl/α,β-unsaturated/α-hetero) is 1. The van der Waals surface area contributed by atoms with Crippen molar-refractivity contribution in [1.82, 2.24) is 0 Å². The molecule has 2 amide bonds. The number of benzene rings is 2. The summed E-state index contributed by atoms with van der Waals surface area (Å²) in [6.07, 6.45) is 0. The summed E-state index contributed by atoms with van der Waals surface area (Å²) in [7, 11) is 0. The molecule has 2 aromatic rings. The molecular formula is C19H19FN2O4. The number of ether oxygens (including phenoxy) is 1. The average Bonchev–Trinajstić information content (AvgIpc) is 2.56. The van der Waals surface area contributed by atoms with Gasteiger partial charge in [0.25, 0.3) is 5.91 Å². The minimum atomic E-state index is -0.504. The summed E-state index contributed by atoms with van der Waals surface area (Å²) in [5.41, 5.74) is 1.51. The minimum Gasteiger partial charge on any atom is -0.482 e. The topological polar surface area (TPSA) is 84.5 Å². The average molecular weight is 358 g/mol. The Kier molecular flexibility index (Phi) is 6.06. The molecule has 0 saturated carbocycles. The predicted octanol–water partition coefficient (Wildman–Crippen LogP) is 3.31. The molecule has 0 saturated heterocycles. The van der Waals surface area contributed by atoms with Crippen LogP contribution in [0.5, 0.6) is 5.75 Å². The van der Waals surface area contributed by atoms with Crippen LogP contribution in [0.3, 0.4) is 0 Å². The van der Waals surface area contributed by atoms with Gasteiger partial charge in [-0.25, -0.2) is 4.39 Å². The largest absolute Gasteiger partial charge is 0.482 e. The van der Waals surface area contributed by atoms with Gasteiger partial charge in [0.05, 0.1) is 5.69 Å². The predicted molar refractivity (Wildman–Crippen MR) is 96.0 cm³/mol. The van der Waals surface area contributed by atoms with Crippen LogP contribution in [0.1, 0.15) is 29.8 Å². The van der Waals surface area contributed by atoms with Crippen molar-refractivity contribution in [2.24, 2.45) is 0 Å². The first kappa shape index (κ1) is 19.1. The van der Waals surface area contributed by atoms with Crippen molar-refractivity contribution in [2.75, 3.05) is 17.2 Å². The number of aryl methyl sites for hydroxylation is 1. The Morgan fingerprint density at radius 2 is 1.77 bits per heavy atom. The molecule has 7 heteroatoms. The van der Waals surface area contributed by atoms with Crippen molar-refractivity contribution in [1.29, 1.82) is 0 Å². The normalized spacial score (nSPS) is 10.2. The molecule has 0 heterocycles. The minimum absolute atomic E-state index is 0.177. The number of rotatable bonds is 6. The second-order valence-corrected chi connectivity index (χ2v) is 5.75. The van der Waals surface area contributed by atoms with Gasteiger partial charge in [0.1, 0.15) is 11.6 Å². The van der Waals surface area contributed by atoms with Crippen LogP contribution in [0.2, 0.25) is 0 Å². The van der Waals surface area contributed by atoms with Crippen LogP contribution in [0.4, 0.5) is 15.8 Å². The van der Waals surface area contributed by atoms with Gasteiger partial charge in [-0.2, -0.15) is 0 Å². The molecule has 0 unspecified atom stereocenters. The molecule has 136 valence electrons. The van der Waals surface area contributed by atoms with E-state index in [1.54, 1.807) is 25.1 Å². The van der Waals surface area contributed by atoms with Crippen LogP contribution in [0, 0.1) is 12.7 Å². The summed E-state index contributed by atoms with van der Waals surface area (Å²) in [5.74, 6) is -1.23. The maximum atomic E-state index is 13.5. The summed E-state index contributed by atoms with van der Waals surface area (Å²) in [4.78, 5) is 34.8. The molecule has 2 aromatic carbocycles. The number of hydrogen-bond donors (Lipinski definition) is 2. The second kappa shape index (κ2) is 8.24. The van der Waals surface area contributed by atoms with Gasteiger partial charge >= 0.3 is 0 Å². The lowest BCUT2D eigenvalue weighted by Gasteiger charge is -2.13. The fraction of sp³-hybridized carbons (Fsp3) is 0.211. The molecule has 0 radical (unpaired) electrons. The molecule has 2 rings (SSSR count). The van der Waals surface area contributed by atoms with Gasteiger partial charge in [-0.3, -0.25) is 14.4 Å². The highest BCUT2D eigenvalue weighted by atomic mass is 19.1. The third-order valence-electron chi connectivity index (χ3n) is 3.51. The Morgan fingerprint density at radius 1 is 1.04 bits per heavy atom. The number of halogens is 1. The lowest BCUT2D eigenvalue weighted by atomic mass is 10.1. The van der Waals surface area contributed by atoms with E-state index >= 15 is 0 Å². The molecule has 0 spiro atoms. The van der Waals surface area contributed by atoms with Crippen LogP contribution in [-0.2, 0) is 9.59 Å². The van der Waals surface area contributed by atoms with E-state index in [-0.39, 0.29) is 24.0 Å². The standard InChI is InChI=1S/C19H19FN2O4/c1-11-4-6-15(9-16(11)20)22-19(25)10-26-18-8-14(12(2)23)5-7-17(18)21-13(3)24/h4-9H,10H2,1-3H3,(H,21,24)(H,22,25). The SMILES string of the molecule is CC(=O)Nc1ccc(C(C)=O)cc1OCC(=O)Nc1ccc(C)c(F)c1. The number of amides is 2. The monoisotopic (exact) mass is 358 g/mol. The molecule has 26 heavy (non-hydrogen) atoms. The Balaban J connectivity index is 2.09. The summed E-state index contributed by atoms with van der Waals surface area (Å²) in [6, 6.07) is 8.88. The van der Waals surface area contributed by atoms with E-state index in [9.17, 15) is 18.8 Å². The van der Waals surface area contributed by atoms with Crippen molar-refractivity contribution in [2.45, 2.75) is 20.8 Å². The van der Waals surface area contributed by atoms with E-state index in [1.165, 1.54) is 32.0 Å². The van der Waals surface area contributed by atoms with E-state index in [1.807, 2.05) is 0 Å².